The maximum atomic E-state index is 11.6. The summed E-state index contributed by atoms with van der Waals surface area (Å²) in [5.74, 6) is 0.429. The maximum absolute atomic E-state index is 11.6. The smallest absolute Gasteiger partial charge is 0.282 e. The molecule has 170 valence electrons. The second-order valence-corrected chi connectivity index (χ2v) is 10.8. The van der Waals surface area contributed by atoms with E-state index < -0.39 is 0 Å². The lowest BCUT2D eigenvalue weighted by Crippen LogP contribution is -2.31. The highest BCUT2D eigenvalue weighted by Crippen LogP contribution is 2.59. The average molecular weight is 487 g/mol. The summed E-state index contributed by atoms with van der Waals surface area (Å²) in [6, 6.07) is 30.5. The van der Waals surface area contributed by atoms with Gasteiger partial charge in [-0.15, -0.1) is 23.4 Å². The SMILES string of the molecule is O=[N+]([O-])c1ccccc1S[C@@H]1C[C@H]2[C@@H](c3c(ccc4ccccc34)N[C@H]2c2ccccc2)[C@@H]1Cl. The van der Waals surface area contributed by atoms with Crippen molar-refractivity contribution in [3.63, 3.8) is 0 Å². The molecular formula is C28H23ClN2O2S. The van der Waals surface area contributed by atoms with Crippen molar-refractivity contribution in [2.24, 2.45) is 5.92 Å². The van der Waals surface area contributed by atoms with Gasteiger partial charge in [0.2, 0.25) is 0 Å². The molecule has 0 bridgehead atoms. The predicted molar refractivity (Wildman–Crippen MR) is 140 cm³/mol. The number of nitro groups is 1. The van der Waals surface area contributed by atoms with Crippen LogP contribution in [0.15, 0.2) is 95.9 Å². The van der Waals surface area contributed by atoms with Crippen LogP contribution < -0.4 is 5.32 Å². The van der Waals surface area contributed by atoms with Gasteiger partial charge in [-0.2, -0.15) is 0 Å². The van der Waals surface area contributed by atoms with Gasteiger partial charge in [0.25, 0.3) is 5.69 Å². The Balaban J connectivity index is 1.46. The van der Waals surface area contributed by atoms with Crippen molar-refractivity contribution in [3.8, 4) is 0 Å². The third kappa shape index (κ3) is 3.55. The van der Waals surface area contributed by atoms with Crippen LogP contribution in [-0.2, 0) is 0 Å². The summed E-state index contributed by atoms with van der Waals surface area (Å²) >= 11 is 8.85. The average Bonchev–Trinajstić information content (AvgIpc) is 3.19. The first kappa shape index (κ1) is 21.5. The van der Waals surface area contributed by atoms with Crippen LogP contribution in [0.4, 0.5) is 11.4 Å². The Labute approximate surface area is 207 Å². The van der Waals surface area contributed by atoms with Crippen LogP contribution in [0, 0.1) is 16.0 Å². The van der Waals surface area contributed by atoms with E-state index in [0.717, 1.165) is 12.1 Å². The molecule has 1 aliphatic carbocycles. The number of alkyl halides is 1. The fraction of sp³-hybridized carbons (Fsp3) is 0.214. The van der Waals surface area contributed by atoms with Gasteiger partial charge >= 0.3 is 0 Å². The molecule has 6 rings (SSSR count). The van der Waals surface area contributed by atoms with E-state index in [4.69, 9.17) is 11.6 Å². The third-order valence-corrected chi connectivity index (χ3v) is 9.32. The van der Waals surface area contributed by atoms with Crippen LogP contribution in [0.5, 0.6) is 0 Å². The third-order valence-electron chi connectivity index (χ3n) is 7.21. The fourth-order valence-corrected chi connectivity index (χ4v) is 7.69. The number of nitrogens with zero attached hydrogens (tertiary/aromatic N) is 1. The van der Waals surface area contributed by atoms with E-state index in [1.165, 1.54) is 21.9 Å². The number of rotatable bonds is 4. The van der Waals surface area contributed by atoms with Crippen LogP contribution >= 0.6 is 23.4 Å². The molecule has 5 atom stereocenters. The van der Waals surface area contributed by atoms with Crippen molar-refractivity contribution in [3.05, 3.63) is 112 Å². The lowest BCUT2D eigenvalue weighted by molar-refractivity contribution is -0.387. The summed E-state index contributed by atoms with van der Waals surface area (Å²) in [7, 11) is 0. The van der Waals surface area contributed by atoms with Gasteiger partial charge in [0.1, 0.15) is 0 Å². The normalized spacial score (nSPS) is 25.4. The minimum atomic E-state index is -0.301. The number of benzene rings is 4. The molecule has 1 N–H and O–H groups in total. The molecule has 1 heterocycles. The summed E-state index contributed by atoms with van der Waals surface area (Å²) in [5, 5.41) is 17.8. The van der Waals surface area contributed by atoms with Crippen LogP contribution in [0.25, 0.3) is 10.8 Å². The van der Waals surface area contributed by atoms with Gasteiger partial charge in [0.15, 0.2) is 0 Å². The standard InChI is InChI=1S/C28H23ClN2O2S/c29-27-24(34-23-13-7-6-12-22(23)31(32)33)16-20-26(27)25-19-11-5-4-8-17(19)14-15-21(25)30-28(20)18-9-2-1-3-10-18/h1-15,20,24,26-28,30H,16H2/t20-,24+,26-,27+,28-/m0/s1. The fourth-order valence-electron chi connectivity index (χ4n) is 5.76. The molecule has 1 fully saturated rings. The minimum Gasteiger partial charge on any atom is -0.378 e. The second kappa shape index (κ2) is 8.64. The number of nitro benzene ring substituents is 1. The van der Waals surface area contributed by atoms with Gasteiger partial charge in [-0.3, -0.25) is 10.1 Å². The first-order valence-electron chi connectivity index (χ1n) is 11.5. The molecular weight excluding hydrogens is 464 g/mol. The van der Waals surface area contributed by atoms with E-state index >= 15 is 0 Å². The quantitative estimate of drug-likeness (QED) is 0.182. The highest BCUT2D eigenvalue weighted by molar-refractivity contribution is 8.00. The lowest BCUT2D eigenvalue weighted by atomic mass is 9.75. The number of fused-ring (bicyclic) bond motifs is 5. The van der Waals surface area contributed by atoms with E-state index in [1.54, 1.807) is 23.9 Å². The Morgan fingerprint density at radius 2 is 1.65 bits per heavy atom. The summed E-state index contributed by atoms with van der Waals surface area (Å²) in [4.78, 5) is 12.0. The van der Waals surface area contributed by atoms with Gasteiger partial charge in [-0.25, -0.2) is 0 Å². The highest BCUT2D eigenvalue weighted by Gasteiger charge is 2.50. The Morgan fingerprint density at radius 3 is 2.47 bits per heavy atom. The van der Waals surface area contributed by atoms with Crippen LogP contribution in [0.2, 0.25) is 0 Å². The number of halogens is 1. The van der Waals surface area contributed by atoms with E-state index in [0.29, 0.717) is 4.90 Å². The zero-order valence-corrected chi connectivity index (χ0v) is 19.9. The van der Waals surface area contributed by atoms with E-state index in [1.807, 2.05) is 18.2 Å². The molecule has 4 nitrogen and oxygen atoms in total. The van der Waals surface area contributed by atoms with E-state index in [9.17, 15) is 10.1 Å². The van der Waals surface area contributed by atoms with Gasteiger partial charge in [0.05, 0.1) is 21.2 Å². The van der Waals surface area contributed by atoms with Crippen molar-refractivity contribution in [2.75, 3.05) is 5.32 Å². The molecule has 0 spiro atoms. The first-order chi connectivity index (χ1) is 16.6. The van der Waals surface area contributed by atoms with Crippen LogP contribution in [-0.4, -0.2) is 15.6 Å². The molecule has 1 saturated carbocycles. The van der Waals surface area contributed by atoms with Crippen molar-refractivity contribution < 1.29 is 4.92 Å². The van der Waals surface area contributed by atoms with Gasteiger partial charge in [0, 0.05) is 22.9 Å². The second-order valence-electron chi connectivity index (χ2n) is 9.03. The number of hydrogen-bond acceptors (Lipinski definition) is 4. The number of anilines is 1. The van der Waals surface area contributed by atoms with Crippen molar-refractivity contribution in [2.45, 2.75) is 33.9 Å². The molecule has 0 amide bonds. The molecule has 0 radical (unpaired) electrons. The van der Waals surface area contributed by atoms with Gasteiger partial charge in [-0.1, -0.05) is 72.8 Å². The molecule has 4 aromatic rings. The number of para-hydroxylation sites is 1. The highest BCUT2D eigenvalue weighted by atomic mass is 35.5. The summed E-state index contributed by atoms with van der Waals surface area (Å²) < 4.78 is 0. The Morgan fingerprint density at radius 1 is 0.912 bits per heavy atom. The summed E-state index contributed by atoms with van der Waals surface area (Å²) in [6.45, 7) is 0. The number of thioether (sulfide) groups is 1. The van der Waals surface area contributed by atoms with Crippen molar-refractivity contribution in [1.82, 2.24) is 0 Å². The molecule has 4 aromatic carbocycles. The Bertz CT molecular complexity index is 1380. The van der Waals surface area contributed by atoms with Crippen molar-refractivity contribution >= 4 is 45.5 Å². The molecule has 0 aromatic heterocycles. The number of hydrogen-bond donors (Lipinski definition) is 1. The Hall–Kier alpha value is -3.02. The van der Waals surface area contributed by atoms with Crippen LogP contribution in [0.3, 0.4) is 0 Å². The summed E-state index contributed by atoms with van der Waals surface area (Å²) in [5.41, 5.74) is 3.81. The molecule has 34 heavy (non-hydrogen) atoms. The molecule has 0 unspecified atom stereocenters. The molecule has 2 aliphatic rings. The van der Waals surface area contributed by atoms with Gasteiger partial charge < -0.3 is 5.32 Å². The van der Waals surface area contributed by atoms with Gasteiger partial charge in [-0.05, 0) is 46.4 Å². The van der Waals surface area contributed by atoms with Crippen LogP contribution in [0.1, 0.15) is 29.5 Å². The van der Waals surface area contributed by atoms with E-state index in [-0.39, 0.29) is 39.1 Å². The number of nitrogens with one attached hydrogen (secondary N) is 1. The molecule has 0 saturated heterocycles. The molecule has 6 heteroatoms. The maximum Gasteiger partial charge on any atom is 0.282 e. The van der Waals surface area contributed by atoms with E-state index in [2.05, 4.69) is 66.0 Å². The lowest BCUT2D eigenvalue weighted by Gasteiger charge is -2.39. The molecule has 1 aliphatic heterocycles. The predicted octanol–water partition coefficient (Wildman–Crippen LogP) is 7.79. The first-order valence-corrected chi connectivity index (χ1v) is 12.8. The van der Waals surface area contributed by atoms with Crippen molar-refractivity contribution in [1.29, 1.82) is 0 Å². The zero-order chi connectivity index (χ0) is 23.2. The summed E-state index contributed by atoms with van der Waals surface area (Å²) in [6.07, 6.45) is 0.880. The largest absolute Gasteiger partial charge is 0.378 e. The minimum absolute atomic E-state index is 0.0655. The Kier molecular flexibility index (Phi) is 5.47. The zero-order valence-electron chi connectivity index (χ0n) is 18.3. The monoisotopic (exact) mass is 486 g/mol. The topological polar surface area (TPSA) is 55.2 Å².